The van der Waals surface area contributed by atoms with Crippen LogP contribution in [-0.2, 0) is 11.3 Å². The van der Waals surface area contributed by atoms with Crippen molar-refractivity contribution in [2.45, 2.75) is 19.6 Å². The van der Waals surface area contributed by atoms with E-state index in [-0.39, 0.29) is 5.91 Å². The van der Waals surface area contributed by atoms with E-state index >= 15 is 0 Å². The lowest BCUT2D eigenvalue weighted by molar-refractivity contribution is -0.127. The first kappa shape index (κ1) is 18.1. The highest BCUT2D eigenvalue weighted by Crippen LogP contribution is 2.22. The lowest BCUT2D eigenvalue weighted by Crippen LogP contribution is -2.36. The van der Waals surface area contributed by atoms with Gasteiger partial charge in [-0.25, -0.2) is 0 Å². The number of nitriles is 1. The summed E-state index contributed by atoms with van der Waals surface area (Å²) in [5, 5.41) is 11.9. The molecule has 0 spiro atoms. The predicted octanol–water partition coefficient (Wildman–Crippen LogP) is 2.66. The minimum atomic E-state index is -0.734. The van der Waals surface area contributed by atoms with Gasteiger partial charge < -0.3 is 19.5 Å². The molecule has 130 valence electrons. The van der Waals surface area contributed by atoms with Crippen molar-refractivity contribution in [1.29, 1.82) is 5.26 Å². The zero-order valence-corrected chi connectivity index (χ0v) is 14.4. The van der Waals surface area contributed by atoms with Gasteiger partial charge in [-0.05, 0) is 36.8 Å². The van der Waals surface area contributed by atoms with Crippen molar-refractivity contribution in [1.82, 2.24) is 5.32 Å². The fourth-order valence-corrected chi connectivity index (χ4v) is 2.21. The Morgan fingerprint density at radius 3 is 2.40 bits per heavy atom. The fraction of sp³-hybridized carbons (Fsp3) is 0.263. The summed E-state index contributed by atoms with van der Waals surface area (Å²) in [5.74, 6) is 1.40. The second kappa shape index (κ2) is 8.60. The number of ether oxygens (including phenoxy) is 3. The summed E-state index contributed by atoms with van der Waals surface area (Å²) in [7, 11) is 3.14. The van der Waals surface area contributed by atoms with Gasteiger partial charge in [0.2, 0.25) is 0 Å². The quantitative estimate of drug-likeness (QED) is 0.838. The molecule has 0 bridgehead atoms. The van der Waals surface area contributed by atoms with Crippen LogP contribution in [0.15, 0.2) is 42.5 Å². The van der Waals surface area contributed by atoms with Gasteiger partial charge in [-0.3, -0.25) is 4.79 Å². The predicted molar refractivity (Wildman–Crippen MR) is 92.6 cm³/mol. The molecule has 2 rings (SSSR count). The van der Waals surface area contributed by atoms with Crippen LogP contribution in [0.1, 0.15) is 18.1 Å². The maximum atomic E-state index is 12.2. The first-order valence-corrected chi connectivity index (χ1v) is 7.72. The molecule has 25 heavy (non-hydrogen) atoms. The third-order valence-corrected chi connectivity index (χ3v) is 3.56. The standard InChI is InChI=1S/C19H20N2O4/c1-13(25-18-7-5-4-6-15(18)11-20)19(22)21-12-14-8-16(23-2)10-17(9-14)24-3/h4-10,13H,12H2,1-3H3,(H,21,22). The Morgan fingerprint density at radius 2 is 1.80 bits per heavy atom. The van der Waals surface area contributed by atoms with Gasteiger partial charge in [-0.2, -0.15) is 5.26 Å². The first-order chi connectivity index (χ1) is 12.1. The van der Waals surface area contributed by atoms with E-state index in [4.69, 9.17) is 19.5 Å². The molecule has 0 aromatic heterocycles. The van der Waals surface area contributed by atoms with Crippen LogP contribution >= 0.6 is 0 Å². The molecule has 1 unspecified atom stereocenters. The van der Waals surface area contributed by atoms with E-state index in [0.29, 0.717) is 29.4 Å². The third-order valence-electron chi connectivity index (χ3n) is 3.56. The molecule has 1 N–H and O–H groups in total. The van der Waals surface area contributed by atoms with E-state index in [1.54, 1.807) is 51.5 Å². The number of rotatable bonds is 7. The van der Waals surface area contributed by atoms with Crippen LogP contribution in [0, 0.1) is 11.3 Å². The number of benzene rings is 2. The molecule has 2 aromatic rings. The minimum Gasteiger partial charge on any atom is -0.497 e. The number of carbonyl (C=O) groups is 1. The lowest BCUT2D eigenvalue weighted by atomic mass is 10.2. The molecule has 6 nitrogen and oxygen atoms in total. The summed E-state index contributed by atoms with van der Waals surface area (Å²) in [4.78, 5) is 12.2. The Morgan fingerprint density at radius 1 is 1.16 bits per heavy atom. The van der Waals surface area contributed by atoms with E-state index in [1.165, 1.54) is 0 Å². The average molecular weight is 340 g/mol. The highest BCUT2D eigenvalue weighted by atomic mass is 16.5. The molecule has 1 amide bonds. The SMILES string of the molecule is COc1cc(CNC(=O)C(C)Oc2ccccc2C#N)cc(OC)c1. The second-order valence-corrected chi connectivity index (χ2v) is 5.31. The summed E-state index contributed by atoms with van der Waals surface area (Å²) in [6.45, 7) is 1.94. The van der Waals surface area contributed by atoms with Crippen molar-refractivity contribution in [2.24, 2.45) is 0 Å². The topological polar surface area (TPSA) is 80.6 Å². The van der Waals surface area contributed by atoms with Crippen molar-refractivity contribution in [3.63, 3.8) is 0 Å². The van der Waals surface area contributed by atoms with Crippen LogP contribution in [0.3, 0.4) is 0 Å². The number of para-hydroxylation sites is 1. The zero-order valence-electron chi connectivity index (χ0n) is 14.4. The van der Waals surface area contributed by atoms with E-state index < -0.39 is 6.10 Å². The van der Waals surface area contributed by atoms with Gasteiger partial charge in [0.1, 0.15) is 23.3 Å². The molecule has 0 fully saturated rings. The number of nitrogens with one attached hydrogen (secondary N) is 1. The van der Waals surface area contributed by atoms with Crippen molar-refractivity contribution >= 4 is 5.91 Å². The number of carbonyl (C=O) groups excluding carboxylic acids is 1. The van der Waals surface area contributed by atoms with E-state index in [2.05, 4.69) is 5.32 Å². The molecule has 0 radical (unpaired) electrons. The van der Waals surface area contributed by atoms with Gasteiger partial charge in [-0.15, -0.1) is 0 Å². The molecule has 0 aliphatic heterocycles. The van der Waals surface area contributed by atoms with E-state index in [0.717, 1.165) is 5.56 Å². The molecule has 2 aromatic carbocycles. The Labute approximate surface area is 146 Å². The van der Waals surface area contributed by atoms with Gasteiger partial charge in [0, 0.05) is 12.6 Å². The highest BCUT2D eigenvalue weighted by molar-refractivity contribution is 5.80. The van der Waals surface area contributed by atoms with Gasteiger partial charge in [0.25, 0.3) is 5.91 Å². The van der Waals surface area contributed by atoms with Crippen LogP contribution in [-0.4, -0.2) is 26.2 Å². The summed E-state index contributed by atoms with van der Waals surface area (Å²) in [6, 6.07) is 14.2. The Hall–Kier alpha value is -3.20. The number of amides is 1. The molecule has 0 saturated carbocycles. The van der Waals surface area contributed by atoms with Gasteiger partial charge in [0.05, 0.1) is 19.8 Å². The summed E-state index contributed by atoms with van der Waals surface area (Å²) in [5.41, 5.74) is 1.23. The Kier molecular flexibility index (Phi) is 6.24. The highest BCUT2D eigenvalue weighted by Gasteiger charge is 2.16. The van der Waals surface area contributed by atoms with Gasteiger partial charge in [0.15, 0.2) is 6.10 Å². The fourth-order valence-electron chi connectivity index (χ4n) is 2.21. The van der Waals surface area contributed by atoms with Crippen LogP contribution in [0.25, 0.3) is 0 Å². The number of hydrogen-bond donors (Lipinski definition) is 1. The molecular formula is C19H20N2O4. The minimum absolute atomic E-state index is 0.283. The first-order valence-electron chi connectivity index (χ1n) is 7.72. The maximum absolute atomic E-state index is 12.2. The van der Waals surface area contributed by atoms with Gasteiger partial charge in [-0.1, -0.05) is 12.1 Å². The molecule has 0 aliphatic carbocycles. The summed E-state index contributed by atoms with van der Waals surface area (Å²) >= 11 is 0. The van der Waals surface area contributed by atoms with Crippen molar-refractivity contribution in [3.8, 4) is 23.3 Å². The Balaban J connectivity index is 1.99. The normalized spacial score (nSPS) is 11.1. The molecule has 0 saturated heterocycles. The smallest absolute Gasteiger partial charge is 0.261 e. The number of hydrogen-bond acceptors (Lipinski definition) is 5. The van der Waals surface area contributed by atoms with Crippen LogP contribution in [0.2, 0.25) is 0 Å². The summed E-state index contributed by atoms with van der Waals surface area (Å²) in [6.07, 6.45) is -0.734. The lowest BCUT2D eigenvalue weighted by Gasteiger charge is -2.16. The molecule has 6 heteroatoms. The van der Waals surface area contributed by atoms with Crippen LogP contribution < -0.4 is 19.5 Å². The molecule has 1 atom stereocenters. The summed E-state index contributed by atoms with van der Waals surface area (Å²) < 4.78 is 16.0. The largest absolute Gasteiger partial charge is 0.497 e. The average Bonchev–Trinajstić information content (AvgIpc) is 2.65. The van der Waals surface area contributed by atoms with Crippen LogP contribution in [0.5, 0.6) is 17.2 Å². The molecular weight excluding hydrogens is 320 g/mol. The van der Waals surface area contributed by atoms with Crippen molar-refractivity contribution in [3.05, 3.63) is 53.6 Å². The third kappa shape index (κ3) is 4.88. The number of nitrogens with zero attached hydrogens (tertiary/aromatic N) is 1. The Bertz CT molecular complexity index is 761. The second-order valence-electron chi connectivity index (χ2n) is 5.31. The van der Waals surface area contributed by atoms with Crippen molar-refractivity contribution < 1.29 is 19.0 Å². The van der Waals surface area contributed by atoms with Gasteiger partial charge >= 0.3 is 0 Å². The maximum Gasteiger partial charge on any atom is 0.261 e. The zero-order chi connectivity index (χ0) is 18.2. The van der Waals surface area contributed by atoms with Crippen LogP contribution in [0.4, 0.5) is 0 Å². The van der Waals surface area contributed by atoms with Crippen molar-refractivity contribution in [2.75, 3.05) is 14.2 Å². The molecule has 0 aliphatic rings. The number of methoxy groups -OCH3 is 2. The van der Waals surface area contributed by atoms with E-state index in [9.17, 15) is 4.79 Å². The van der Waals surface area contributed by atoms with E-state index in [1.807, 2.05) is 18.2 Å². The molecule has 0 heterocycles. The monoisotopic (exact) mass is 340 g/mol.